The van der Waals surface area contributed by atoms with Crippen LogP contribution in [0.3, 0.4) is 0 Å². The van der Waals surface area contributed by atoms with Crippen molar-refractivity contribution >= 4 is 5.97 Å². The summed E-state index contributed by atoms with van der Waals surface area (Å²) in [5.74, 6) is -0.108. The van der Waals surface area contributed by atoms with Crippen molar-refractivity contribution in [1.29, 1.82) is 0 Å². The van der Waals surface area contributed by atoms with E-state index in [1.54, 1.807) is 6.08 Å². The number of rotatable bonds is 4. The van der Waals surface area contributed by atoms with Crippen molar-refractivity contribution in [3.63, 3.8) is 0 Å². The van der Waals surface area contributed by atoms with Crippen LogP contribution in [0, 0.1) is 5.92 Å². The number of carbonyl (C=O) groups is 1. The maximum atomic E-state index is 10.0. The molecule has 2 atom stereocenters. The van der Waals surface area contributed by atoms with Gasteiger partial charge in [-0.25, -0.2) is 4.79 Å². The molecule has 0 radical (unpaired) electrons. The molecular weight excluding hydrogens is 142 g/mol. The third-order valence-electron chi connectivity index (χ3n) is 1.87. The van der Waals surface area contributed by atoms with E-state index in [0.29, 0.717) is 12.6 Å². The third kappa shape index (κ3) is 3.18. The first-order valence-electron chi connectivity index (χ1n) is 3.83. The molecule has 0 aromatic carbocycles. The largest absolute Gasteiger partial charge is 0.478 e. The van der Waals surface area contributed by atoms with Crippen molar-refractivity contribution in [2.24, 2.45) is 5.92 Å². The van der Waals surface area contributed by atoms with Gasteiger partial charge in [-0.15, -0.1) is 0 Å². The molecule has 1 aliphatic rings. The molecule has 1 rings (SSSR count). The second-order valence-electron chi connectivity index (χ2n) is 2.97. The Balaban J connectivity index is 2.00. The lowest BCUT2D eigenvalue weighted by atomic mass is 10.4. The van der Waals surface area contributed by atoms with Crippen LogP contribution in [0.5, 0.6) is 0 Å². The number of hydrogen-bond donors (Lipinski definition) is 2. The van der Waals surface area contributed by atoms with Crippen LogP contribution >= 0.6 is 0 Å². The van der Waals surface area contributed by atoms with Crippen LogP contribution in [-0.4, -0.2) is 23.7 Å². The summed E-state index contributed by atoms with van der Waals surface area (Å²) in [5.41, 5.74) is 0. The van der Waals surface area contributed by atoms with Crippen LogP contribution in [0.1, 0.15) is 13.3 Å². The molecule has 1 saturated carbocycles. The highest BCUT2D eigenvalue weighted by Crippen LogP contribution is 2.28. The monoisotopic (exact) mass is 155 g/mol. The van der Waals surface area contributed by atoms with Gasteiger partial charge in [0.05, 0.1) is 0 Å². The topological polar surface area (TPSA) is 49.3 Å². The number of carboxylic acids is 1. The molecule has 0 saturated heterocycles. The normalized spacial score (nSPS) is 29.2. The summed E-state index contributed by atoms with van der Waals surface area (Å²) in [6.07, 6.45) is 4.02. The Kier molecular flexibility index (Phi) is 2.65. The summed E-state index contributed by atoms with van der Waals surface area (Å²) in [6.45, 7) is 2.85. The Bertz CT molecular complexity index is 177. The molecule has 0 heterocycles. The SMILES string of the molecule is CC1CC1NC/C=C/C(=O)O. The molecule has 11 heavy (non-hydrogen) atoms. The zero-order chi connectivity index (χ0) is 8.27. The molecule has 2 N–H and O–H groups in total. The number of hydrogen-bond acceptors (Lipinski definition) is 2. The molecule has 1 aliphatic carbocycles. The highest BCUT2D eigenvalue weighted by Gasteiger charge is 2.31. The minimum Gasteiger partial charge on any atom is -0.478 e. The summed E-state index contributed by atoms with van der Waals surface area (Å²) in [4.78, 5) is 10.0. The summed E-state index contributed by atoms with van der Waals surface area (Å²) >= 11 is 0. The van der Waals surface area contributed by atoms with E-state index < -0.39 is 5.97 Å². The molecule has 62 valence electrons. The van der Waals surface area contributed by atoms with E-state index in [9.17, 15) is 4.79 Å². The zero-order valence-electron chi connectivity index (χ0n) is 6.58. The first-order chi connectivity index (χ1) is 5.20. The van der Waals surface area contributed by atoms with Crippen molar-refractivity contribution in [3.8, 4) is 0 Å². The zero-order valence-corrected chi connectivity index (χ0v) is 6.58. The van der Waals surface area contributed by atoms with Gasteiger partial charge in [-0.2, -0.15) is 0 Å². The van der Waals surface area contributed by atoms with E-state index in [2.05, 4.69) is 12.2 Å². The summed E-state index contributed by atoms with van der Waals surface area (Å²) in [7, 11) is 0. The second kappa shape index (κ2) is 3.53. The maximum absolute atomic E-state index is 10.0. The van der Waals surface area contributed by atoms with Crippen LogP contribution in [0.15, 0.2) is 12.2 Å². The lowest BCUT2D eigenvalue weighted by molar-refractivity contribution is -0.131. The number of nitrogens with one attached hydrogen (secondary N) is 1. The van der Waals surface area contributed by atoms with E-state index in [1.807, 2.05) is 0 Å². The van der Waals surface area contributed by atoms with Crippen LogP contribution in [-0.2, 0) is 4.79 Å². The maximum Gasteiger partial charge on any atom is 0.328 e. The first kappa shape index (κ1) is 8.27. The third-order valence-corrected chi connectivity index (χ3v) is 1.87. The molecular formula is C8H13NO2. The van der Waals surface area contributed by atoms with Crippen LogP contribution in [0.4, 0.5) is 0 Å². The molecule has 0 aromatic rings. The van der Waals surface area contributed by atoms with Gasteiger partial charge >= 0.3 is 5.97 Å². The van der Waals surface area contributed by atoms with Gasteiger partial charge in [0.25, 0.3) is 0 Å². The quantitative estimate of drug-likeness (QED) is 0.585. The van der Waals surface area contributed by atoms with Crippen LogP contribution in [0.2, 0.25) is 0 Å². The van der Waals surface area contributed by atoms with Gasteiger partial charge in [0.1, 0.15) is 0 Å². The smallest absolute Gasteiger partial charge is 0.328 e. The van der Waals surface area contributed by atoms with Crippen LogP contribution < -0.4 is 5.32 Å². The molecule has 0 bridgehead atoms. The predicted molar refractivity (Wildman–Crippen MR) is 42.3 cm³/mol. The van der Waals surface area contributed by atoms with E-state index in [4.69, 9.17) is 5.11 Å². The van der Waals surface area contributed by atoms with E-state index >= 15 is 0 Å². The highest BCUT2D eigenvalue weighted by molar-refractivity contribution is 5.79. The summed E-state index contributed by atoms with van der Waals surface area (Å²) < 4.78 is 0. The molecule has 3 heteroatoms. The minimum absolute atomic E-state index is 0.619. The summed E-state index contributed by atoms with van der Waals surface area (Å²) in [6, 6.07) is 0.619. The molecule has 0 aliphatic heterocycles. The second-order valence-corrected chi connectivity index (χ2v) is 2.97. The molecule has 0 aromatic heterocycles. The molecule has 1 fully saturated rings. The van der Waals surface area contributed by atoms with Crippen molar-refractivity contribution in [1.82, 2.24) is 5.32 Å². The lowest BCUT2D eigenvalue weighted by Crippen LogP contribution is -2.17. The average Bonchev–Trinajstić information content (AvgIpc) is 2.59. The fourth-order valence-corrected chi connectivity index (χ4v) is 0.986. The van der Waals surface area contributed by atoms with Crippen molar-refractivity contribution in [2.75, 3.05) is 6.54 Å². The van der Waals surface area contributed by atoms with E-state index in [-0.39, 0.29) is 0 Å². The van der Waals surface area contributed by atoms with Crippen molar-refractivity contribution < 1.29 is 9.90 Å². The van der Waals surface area contributed by atoms with Gasteiger partial charge in [0.2, 0.25) is 0 Å². The Labute approximate surface area is 66.1 Å². The fourth-order valence-electron chi connectivity index (χ4n) is 0.986. The number of carboxylic acid groups (broad SMARTS) is 1. The van der Waals surface area contributed by atoms with E-state index in [0.717, 1.165) is 5.92 Å². The fraction of sp³-hybridized carbons (Fsp3) is 0.625. The van der Waals surface area contributed by atoms with Gasteiger partial charge in [-0.3, -0.25) is 0 Å². The van der Waals surface area contributed by atoms with Crippen LogP contribution in [0.25, 0.3) is 0 Å². The van der Waals surface area contributed by atoms with Crippen molar-refractivity contribution in [2.45, 2.75) is 19.4 Å². The number of aliphatic carboxylic acids is 1. The first-order valence-corrected chi connectivity index (χ1v) is 3.83. The summed E-state index contributed by atoms with van der Waals surface area (Å²) in [5, 5.41) is 11.4. The van der Waals surface area contributed by atoms with E-state index in [1.165, 1.54) is 12.5 Å². The van der Waals surface area contributed by atoms with Crippen molar-refractivity contribution in [3.05, 3.63) is 12.2 Å². The van der Waals surface area contributed by atoms with Gasteiger partial charge in [0.15, 0.2) is 0 Å². The predicted octanol–water partition coefficient (Wildman–Crippen LogP) is 0.625. The minimum atomic E-state index is -0.879. The molecule has 0 amide bonds. The van der Waals surface area contributed by atoms with Gasteiger partial charge < -0.3 is 10.4 Å². The Morgan fingerprint density at radius 3 is 2.91 bits per heavy atom. The average molecular weight is 155 g/mol. The standard InChI is InChI=1S/C8H13NO2/c1-6-5-7(6)9-4-2-3-8(10)11/h2-3,6-7,9H,4-5H2,1H3,(H,10,11)/b3-2+. The molecule has 2 unspecified atom stereocenters. The molecule has 0 spiro atoms. The Morgan fingerprint density at radius 1 is 1.82 bits per heavy atom. The van der Waals surface area contributed by atoms with Gasteiger partial charge in [-0.1, -0.05) is 13.0 Å². The highest BCUT2D eigenvalue weighted by atomic mass is 16.4. The van der Waals surface area contributed by atoms with Gasteiger partial charge in [-0.05, 0) is 12.3 Å². The van der Waals surface area contributed by atoms with Gasteiger partial charge in [0, 0.05) is 18.7 Å². The Hall–Kier alpha value is -0.830. The Morgan fingerprint density at radius 2 is 2.45 bits per heavy atom. The lowest BCUT2D eigenvalue weighted by Gasteiger charge is -1.95. The molecule has 3 nitrogen and oxygen atoms in total.